The minimum Gasteiger partial charge on any atom is -0.492 e. The maximum atomic E-state index is 12.7. The number of para-hydroxylation sites is 2. The van der Waals surface area contributed by atoms with Crippen molar-refractivity contribution in [3.8, 4) is 5.75 Å². The Morgan fingerprint density at radius 3 is 2.43 bits per heavy atom. The maximum Gasteiger partial charge on any atom is 0.325 e. The van der Waals surface area contributed by atoms with E-state index in [0.29, 0.717) is 39.2 Å². The van der Waals surface area contributed by atoms with Crippen LogP contribution in [0.1, 0.15) is 27.2 Å². The molecule has 2 fully saturated rings. The molecular weight excluding hydrogens is 360 g/mol. The second-order valence-corrected chi connectivity index (χ2v) is 7.28. The van der Waals surface area contributed by atoms with Crippen molar-refractivity contribution in [2.75, 3.05) is 44.2 Å². The summed E-state index contributed by atoms with van der Waals surface area (Å²) in [4.78, 5) is 42.2. The molecule has 1 aromatic rings. The molecule has 0 spiro atoms. The Morgan fingerprint density at radius 2 is 1.82 bits per heavy atom. The van der Waals surface area contributed by atoms with Gasteiger partial charge in [-0.25, -0.2) is 4.79 Å². The molecule has 2 aliphatic heterocycles. The molecule has 0 bridgehead atoms. The Morgan fingerprint density at radius 1 is 1.14 bits per heavy atom. The number of hydrogen-bond acceptors (Lipinski definition) is 5. The fourth-order valence-corrected chi connectivity index (χ4v) is 3.56. The highest BCUT2D eigenvalue weighted by Gasteiger charge is 2.47. The van der Waals surface area contributed by atoms with Crippen molar-refractivity contribution in [2.45, 2.75) is 32.7 Å². The van der Waals surface area contributed by atoms with Crippen LogP contribution in [0, 0.1) is 0 Å². The summed E-state index contributed by atoms with van der Waals surface area (Å²) in [5.41, 5.74) is 0.100. The van der Waals surface area contributed by atoms with E-state index in [-0.39, 0.29) is 18.4 Å². The van der Waals surface area contributed by atoms with E-state index in [1.54, 1.807) is 11.8 Å². The number of amides is 4. The van der Waals surface area contributed by atoms with Crippen LogP contribution in [0.15, 0.2) is 24.3 Å². The molecule has 28 heavy (non-hydrogen) atoms. The largest absolute Gasteiger partial charge is 0.492 e. The zero-order valence-corrected chi connectivity index (χ0v) is 16.7. The average molecular weight is 388 g/mol. The first-order valence-electron chi connectivity index (χ1n) is 9.78. The van der Waals surface area contributed by atoms with Crippen LogP contribution in [0.3, 0.4) is 0 Å². The van der Waals surface area contributed by atoms with Crippen molar-refractivity contribution < 1.29 is 19.1 Å². The highest BCUT2D eigenvalue weighted by Crippen LogP contribution is 2.29. The summed E-state index contributed by atoms with van der Waals surface area (Å²) in [6, 6.07) is 7.38. The Hall–Kier alpha value is -2.77. The molecule has 0 radical (unpaired) electrons. The number of piperazine rings is 1. The van der Waals surface area contributed by atoms with Crippen LogP contribution in [0.4, 0.5) is 10.5 Å². The van der Waals surface area contributed by atoms with Crippen LogP contribution in [0.25, 0.3) is 0 Å². The molecule has 4 amide bonds. The van der Waals surface area contributed by atoms with Gasteiger partial charge < -0.3 is 19.9 Å². The number of nitrogens with one attached hydrogen (secondary N) is 1. The molecule has 1 aromatic carbocycles. The summed E-state index contributed by atoms with van der Waals surface area (Å²) >= 11 is 0. The number of nitrogens with zero attached hydrogens (tertiary/aromatic N) is 3. The summed E-state index contributed by atoms with van der Waals surface area (Å²) in [6.07, 6.45) is 0.486. The van der Waals surface area contributed by atoms with Gasteiger partial charge in [0.15, 0.2) is 0 Å². The maximum absolute atomic E-state index is 12.7. The first-order valence-corrected chi connectivity index (χ1v) is 9.78. The van der Waals surface area contributed by atoms with E-state index in [2.05, 4.69) is 10.2 Å². The lowest BCUT2D eigenvalue weighted by Crippen LogP contribution is -2.52. The Labute approximate surface area is 165 Å². The predicted molar refractivity (Wildman–Crippen MR) is 105 cm³/mol. The molecule has 1 N–H and O–H groups in total. The minimum absolute atomic E-state index is 0.207. The normalized spacial score (nSPS) is 22.5. The van der Waals surface area contributed by atoms with Crippen LogP contribution in [-0.4, -0.2) is 72.5 Å². The molecule has 152 valence electrons. The van der Waals surface area contributed by atoms with Gasteiger partial charge in [0.25, 0.3) is 5.91 Å². The number of imide groups is 1. The van der Waals surface area contributed by atoms with Crippen molar-refractivity contribution >= 4 is 23.5 Å². The minimum atomic E-state index is -0.918. The third-order valence-corrected chi connectivity index (χ3v) is 5.48. The standard InChI is InChI=1S/C20H28N4O4/c1-4-20(3)18(26)24(19(27)21-20)14-17(25)23-12-10-22(11-13-23)15-8-6-7-9-16(15)28-5-2/h6-9H,4-5,10-14H2,1-3H3,(H,21,27)/t20-/m1/s1. The van der Waals surface area contributed by atoms with E-state index < -0.39 is 11.6 Å². The molecule has 0 aromatic heterocycles. The van der Waals surface area contributed by atoms with Gasteiger partial charge in [-0.2, -0.15) is 0 Å². The van der Waals surface area contributed by atoms with Crippen LogP contribution in [0.2, 0.25) is 0 Å². The van der Waals surface area contributed by atoms with E-state index in [1.165, 1.54) is 0 Å². The zero-order valence-electron chi connectivity index (χ0n) is 16.7. The molecular formula is C20H28N4O4. The van der Waals surface area contributed by atoms with Crippen LogP contribution >= 0.6 is 0 Å². The zero-order chi connectivity index (χ0) is 20.3. The number of anilines is 1. The molecule has 0 unspecified atom stereocenters. The topological polar surface area (TPSA) is 82.2 Å². The number of carbonyl (C=O) groups excluding carboxylic acids is 3. The first kappa shape index (κ1) is 20.0. The van der Waals surface area contributed by atoms with Gasteiger partial charge in [-0.05, 0) is 32.4 Å². The molecule has 0 saturated carbocycles. The fourth-order valence-electron chi connectivity index (χ4n) is 3.56. The van der Waals surface area contributed by atoms with Gasteiger partial charge in [-0.1, -0.05) is 19.1 Å². The van der Waals surface area contributed by atoms with Crippen molar-refractivity contribution in [2.24, 2.45) is 0 Å². The van der Waals surface area contributed by atoms with E-state index in [9.17, 15) is 14.4 Å². The van der Waals surface area contributed by atoms with Gasteiger partial charge in [-0.15, -0.1) is 0 Å². The third-order valence-electron chi connectivity index (χ3n) is 5.48. The van der Waals surface area contributed by atoms with E-state index in [1.807, 2.05) is 38.1 Å². The van der Waals surface area contributed by atoms with Crippen LogP contribution in [0.5, 0.6) is 5.75 Å². The average Bonchev–Trinajstić information content (AvgIpc) is 2.92. The van der Waals surface area contributed by atoms with Crippen molar-refractivity contribution in [3.63, 3.8) is 0 Å². The fraction of sp³-hybridized carbons (Fsp3) is 0.550. The summed E-state index contributed by atoms with van der Waals surface area (Å²) < 4.78 is 5.70. The molecule has 1 atom stereocenters. The van der Waals surface area contributed by atoms with Crippen molar-refractivity contribution in [1.29, 1.82) is 0 Å². The van der Waals surface area contributed by atoms with Gasteiger partial charge in [0, 0.05) is 26.2 Å². The van der Waals surface area contributed by atoms with Gasteiger partial charge >= 0.3 is 6.03 Å². The lowest BCUT2D eigenvalue weighted by atomic mass is 9.99. The second kappa shape index (κ2) is 8.08. The number of rotatable bonds is 6. The third kappa shape index (κ3) is 3.76. The summed E-state index contributed by atoms with van der Waals surface area (Å²) in [6.45, 7) is 8.27. The predicted octanol–water partition coefficient (Wildman–Crippen LogP) is 1.45. The Bertz CT molecular complexity index is 760. The lowest BCUT2D eigenvalue weighted by Gasteiger charge is -2.37. The van der Waals surface area contributed by atoms with Gasteiger partial charge in [-0.3, -0.25) is 14.5 Å². The number of ether oxygens (including phenoxy) is 1. The Kier molecular flexibility index (Phi) is 5.76. The van der Waals surface area contributed by atoms with Gasteiger partial charge in [0.2, 0.25) is 5.91 Å². The smallest absolute Gasteiger partial charge is 0.325 e. The van der Waals surface area contributed by atoms with Crippen LogP contribution < -0.4 is 15.0 Å². The highest BCUT2D eigenvalue weighted by atomic mass is 16.5. The highest BCUT2D eigenvalue weighted by molar-refractivity contribution is 6.08. The second-order valence-electron chi connectivity index (χ2n) is 7.28. The Balaban J connectivity index is 1.59. The molecule has 2 aliphatic rings. The van der Waals surface area contributed by atoms with E-state index in [0.717, 1.165) is 16.3 Å². The monoisotopic (exact) mass is 388 g/mol. The molecule has 8 heteroatoms. The number of carbonyl (C=O) groups is 3. The van der Waals surface area contributed by atoms with Crippen LogP contribution in [-0.2, 0) is 9.59 Å². The van der Waals surface area contributed by atoms with Gasteiger partial charge in [0.05, 0.1) is 12.3 Å². The lowest BCUT2D eigenvalue weighted by molar-refractivity contribution is -0.139. The van der Waals surface area contributed by atoms with Crippen molar-refractivity contribution in [1.82, 2.24) is 15.1 Å². The van der Waals surface area contributed by atoms with Gasteiger partial charge in [0.1, 0.15) is 17.8 Å². The molecule has 2 saturated heterocycles. The first-order chi connectivity index (χ1) is 13.4. The summed E-state index contributed by atoms with van der Waals surface area (Å²) in [5, 5.41) is 2.68. The number of urea groups is 1. The van der Waals surface area contributed by atoms with Crippen molar-refractivity contribution in [3.05, 3.63) is 24.3 Å². The van der Waals surface area contributed by atoms with E-state index >= 15 is 0 Å². The number of benzene rings is 1. The quantitative estimate of drug-likeness (QED) is 0.746. The summed E-state index contributed by atoms with van der Waals surface area (Å²) in [7, 11) is 0. The summed E-state index contributed by atoms with van der Waals surface area (Å²) in [5.74, 6) is 0.294. The molecule has 0 aliphatic carbocycles. The van der Waals surface area contributed by atoms with E-state index in [4.69, 9.17) is 4.74 Å². The SMILES string of the molecule is CCOc1ccccc1N1CCN(C(=O)CN2C(=O)N[C@](C)(CC)C2=O)CC1. The molecule has 8 nitrogen and oxygen atoms in total. The number of hydrogen-bond donors (Lipinski definition) is 1. The molecule has 2 heterocycles. The molecule has 3 rings (SSSR count).